The van der Waals surface area contributed by atoms with E-state index in [0.29, 0.717) is 6.04 Å². The Morgan fingerprint density at radius 2 is 1.53 bits per heavy atom. The molecule has 0 aromatic rings. The van der Waals surface area contributed by atoms with Gasteiger partial charge in [0.15, 0.2) is 0 Å². The molecule has 0 saturated carbocycles. The molecule has 2 heteroatoms. The summed E-state index contributed by atoms with van der Waals surface area (Å²) in [6.45, 7) is 13.9. The second-order valence-electron chi connectivity index (χ2n) is 4.66. The van der Waals surface area contributed by atoms with Crippen molar-refractivity contribution < 1.29 is 0 Å². The topological polar surface area (TPSA) is 15.3 Å². The Morgan fingerprint density at radius 1 is 0.933 bits per heavy atom. The van der Waals surface area contributed by atoms with Crippen molar-refractivity contribution in [3.8, 4) is 0 Å². The Morgan fingerprint density at radius 3 is 2.00 bits per heavy atom. The fraction of sp³-hybridized carbons (Fsp3) is 1.00. The van der Waals surface area contributed by atoms with Crippen molar-refractivity contribution in [3.63, 3.8) is 0 Å². The fourth-order valence-electron chi connectivity index (χ4n) is 1.82. The molecule has 0 heterocycles. The molecule has 0 amide bonds. The molecule has 0 aliphatic carbocycles. The highest BCUT2D eigenvalue weighted by atomic mass is 15.1. The molecule has 0 rings (SSSR count). The van der Waals surface area contributed by atoms with Crippen molar-refractivity contribution in [1.82, 2.24) is 10.2 Å². The first kappa shape index (κ1) is 14.9. The number of nitrogens with zero attached hydrogens (tertiary/aromatic N) is 1. The summed E-state index contributed by atoms with van der Waals surface area (Å²) in [6, 6.07) is 0.632. The molecular formula is C13H30N2. The van der Waals surface area contributed by atoms with Crippen LogP contribution in [0.25, 0.3) is 0 Å². The van der Waals surface area contributed by atoms with Gasteiger partial charge in [0.2, 0.25) is 0 Å². The van der Waals surface area contributed by atoms with Crippen molar-refractivity contribution in [3.05, 3.63) is 0 Å². The number of hydrogen-bond donors (Lipinski definition) is 1. The summed E-state index contributed by atoms with van der Waals surface area (Å²) in [4.78, 5) is 2.59. The van der Waals surface area contributed by atoms with Crippen molar-refractivity contribution in [2.24, 2.45) is 0 Å². The Hall–Kier alpha value is -0.0800. The number of nitrogens with one attached hydrogen (secondary N) is 1. The first-order valence-electron chi connectivity index (χ1n) is 6.66. The Balaban J connectivity index is 3.36. The molecule has 0 aromatic carbocycles. The molecule has 0 aliphatic heterocycles. The molecule has 0 atom stereocenters. The van der Waals surface area contributed by atoms with E-state index < -0.39 is 0 Å². The normalized spacial score (nSPS) is 11.6. The third-order valence-corrected chi connectivity index (χ3v) is 2.53. The molecule has 92 valence electrons. The van der Waals surface area contributed by atoms with E-state index in [-0.39, 0.29) is 0 Å². The van der Waals surface area contributed by atoms with Crippen LogP contribution >= 0.6 is 0 Å². The van der Waals surface area contributed by atoms with Crippen LogP contribution in [-0.2, 0) is 0 Å². The maximum atomic E-state index is 3.46. The minimum atomic E-state index is 0.632. The second kappa shape index (κ2) is 10.4. The molecule has 0 saturated heterocycles. The molecule has 0 aromatic heterocycles. The zero-order chi connectivity index (χ0) is 11.5. The van der Waals surface area contributed by atoms with Crippen LogP contribution in [0.2, 0.25) is 0 Å². The molecule has 0 unspecified atom stereocenters. The van der Waals surface area contributed by atoms with E-state index in [0.717, 1.165) is 0 Å². The zero-order valence-corrected chi connectivity index (χ0v) is 11.2. The zero-order valence-electron chi connectivity index (χ0n) is 11.2. The third-order valence-electron chi connectivity index (χ3n) is 2.53. The molecule has 0 fully saturated rings. The van der Waals surface area contributed by atoms with Crippen LogP contribution in [-0.4, -0.2) is 37.1 Å². The summed E-state index contributed by atoms with van der Waals surface area (Å²) in [7, 11) is 0. The SMILES string of the molecule is CCCN(CCC)CCCCNC(C)C. The minimum Gasteiger partial charge on any atom is -0.315 e. The second-order valence-corrected chi connectivity index (χ2v) is 4.66. The van der Waals surface area contributed by atoms with Crippen molar-refractivity contribution >= 4 is 0 Å². The average molecular weight is 214 g/mol. The van der Waals surface area contributed by atoms with E-state index in [4.69, 9.17) is 0 Å². The third kappa shape index (κ3) is 10.2. The van der Waals surface area contributed by atoms with Gasteiger partial charge in [-0.25, -0.2) is 0 Å². The van der Waals surface area contributed by atoms with E-state index in [9.17, 15) is 0 Å². The maximum Gasteiger partial charge on any atom is 0.00103 e. The summed E-state index contributed by atoms with van der Waals surface area (Å²) in [5.41, 5.74) is 0. The van der Waals surface area contributed by atoms with Gasteiger partial charge in [-0.2, -0.15) is 0 Å². The van der Waals surface area contributed by atoms with E-state index in [1.54, 1.807) is 0 Å². The smallest absolute Gasteiger partial charge is 0.00103 e. The van der Waals surface area contributed by atoms with Crippen LogP contribution in [0.3, 0.4) is 0 Å². The van der Waals surface area contributed by atoms with Crippen LogP contribution in [0, 0.1) is 0 Å². The van der Waals surface area contributed by atoms with Gasteiger partial charge in [-0.15, -0.1) is 0 Å². The van der Waals surface area contributed by atoms with Gasteiger partial charge in [0.1, 0.15) is 0 Å². The van der Waals surface area contributed by atoms with Crippen LogP contribution < -0.4 is 5.32 Å². The summed E-state index contributed by atoms with van der Waals surface area (Å²) < 4.78 is 0. The molecule has 0 radical (unpaired) electrons. The van der Waals surface area contributed by atoms with Gasteiger partial charge in [0.05, 0.1) is 0 Å². The molecule has 15 heavy (non-hydrogen) atoms. The lowest BCUT2D eigenvalue weighted by molar-refractivity contribution is 0.268. The van der Waals surface area contributed by atoms with Crippen LogP contribution in [0.4, 0.5) is 0 Å². The van der Waals surface area contributed by atoms with Gasteiger partial charge in [-0.1, -0.05) is 27.7 Å². The highest BCUT2D eigenvalue weighted by Gasteiger charge is 2.01. The van der Waals surface area contributed by atoms with Gasteiger partial charge in [0.25, 0.3) is 0 Å². The van der Waals surface area contributed by atoms with E-state index in [2.05, 4.69) is 37.9 Å². The molecule has 2 nitrogen and oxygen atoms in total. The fourth-order valence-corrected chi connectivity index (χ4v) is 1.82. The van der Waals surface area contributed by atoms with Crippen LogP contribution in [0.15, 0.2) is 0 Å². The van der Waals surface area contributed by atoms with Crippen molar-refractivity contribution in [2.45, 2.75) is 59.4 Å². The standard InChI is InChI=1S/C13H30N2/c1-5-10-15(11-6-2)12-8-7-9-14-13(3)4/h13-14H,5-12H2,1-4H3. The van der Waals surface area contributed by atoms with E-state index >= 15 is 0 Å². The number of unbranched alkanes of at least 4 members (excludes halogenated alkanes) is 1. The van der Waals surface area contributed by atoms with Gasteiger partial charge < -0.3 is 10.2 Å². The molecular weight excluding hydrogens is 184 g/mol. The van der Waals surface area contributed by atoms with Crippen molar-refractivity contribution in [2.75, 3.05) is 26.2 Å². The molecule has 1 N–H and O–H groups in total. The van der Waals surface area contributed by atoms with Gasteiger partial charge in [-0.3, -0.25) is 0 Å². The van der Waals surface area contributed by atoms with Gasteiger partial charge >= 0.3 is 0 Å². The quantitative estimate of drug-likeness (QED) is 0.563. The van der Waals surface area contributed by atoms with E-state index in [1.165, 1.54) is 51.9 Å². The lowest BCUT2D eigenvalue weighted by Crippen LogP contribution is -2.28. The Bertz CT molecular complexity index is 118. The highest BCUT2D eigenvalue weighted by molar-refractivity contribution is 4.58. The van der Waals surface area contributed by atoms with Gasteiger partial charge in [-0.05, 0) is 51.9 Å². The minimum absolute atomic E-state index is 0.632. The predicted molar refractivity (Wildman–Crippen MR) is 69.4 cm³/mol. The average Bonchev–Trinajstić information content (AvgIpc) is 2.17. The lowest BCUT2D eigenvalue weighted by atomic mass is 10.2. The van der Waals surface area contributed by atoms with Crippen LogP contribution in [0.1, 0.15) is 53.4 Å². The largest absolute Gasteiger partial charge is 0.315 e. The Labute approximate surface area is 96.4 Å². The lowest BCUT2D eigenvalue weighted by Gasteiger charge is -2.20. The summed E-state index contributed by atoms with van der Waals surface area (Å²) in [6.07, 6.45) is 5.20. The Kier molecular flexibility index (Phi) is 10.4. The highest BCUT2D eigenvalue weighted by Crippen LogP contribution is 1.98. The number of hydrogen-bond acceptors (Lipinski definition) is 2. The number of rotatable bonds is 10. The first-order chi connectivity index (χ1) is 7.20. The van der Waals surface area contributed by atoms with E-state index in [1.807, 2.05) is 0 Å². The molecule has 0 spiro atoms. The van der Waals surface area contributed by atoms with Gasteiger partial charge in [0, 0.05) is 6.04 Å². The molecule has 0 aliphatic rings. The molecule has 0 bridgehead atoms. The van der Waals surface area contributed by atoms with Crippen LogP contribution in [0.5, 0.6) is 0 Å². The predicted octanol–water partition coefficient (Wildman–Crippen LogP) is 2.89. The summed E-state index contributed by atoms with van der Waals surface area (Å²) >= 11 is 0. The first-order valence-corrected chi connectivity index (χ1v) is 6.66. The summed E-state index contributed by atoms with van der Waals surface area (Å²) in [5, 5.41) is 3.46. The monoisotopic (exact) mass is 214 g/mol. The summed E-state index contributed by atoms with van der Waals surface area (Å²) in [5.74, 6) is 0. The van der Waals surface area contributed by atoms with Crippen molar-refractivity contribution in [1.29, 1.82) is 0 Å². The maximum absolute atomic E-state index is 3.46.